The van der Waals surface area contributed by atoms with Crippen LogP contribution in [0.1, 0.15) is 50.9 Å². The van der Waals surface area contributed by atoms with E-state index in [0.29, 0.717) is 0 Å². The lowest BCUT2D eigenvalue weighted by Crippen LogP contribution is -2.48. The van der Waals surface area contributed by atoms with Crippen molar-refractivity contribution in [1.82, 2.24) is 25.1 Å². The number of unbranched alkanes of at least 4 members (excludes halogenated alkanes) is 1. The number of tetrazole rings is 1. The van der Waals surface area contributed by atoms with Crippen LogP contribution in [0.2, 0.25) is 0 Å². The maximum atomic E-state index is 5.82. The molecule has 2 aromatic rings. The Bertz CT molecular complexity index is 783. The summed E-state index contributed by atoms with van der Waals surface area (Å²) in [6.07, 6.45) is 5.90. The lowest BCUT2D eigenvalue weighted by atomic mass is 10.1. The van der Waals surface area contributed by atoms with Crippen LogP contribution in [0.25, 0.3) is 0 Å². The van der Waals surface area contributed by atoms with Crippen molar-refractivity contribution >= 4 is 5.69 Å². The Hall–Kier alpha value is -2.19. The van der Waals surface area contributed by atoms with Gasteiger partial charge in [-0.25, -0.2) is 4.68 Å². The van der Waals surface area contributed by atoms with E-state index in [1.807, 2.05) is 10.7 Å². The van der Waals surface area contributed by atoms with Crippen LogP contribution < -0.4 is 9.64 Å². The maximum absolute atomic E-state index is 5.82. The van der Waals surface area contributed by atoms with Gasteiger partial charge < -0.3 is 14.4 Å². The van der Waals surface area contributed by atoms with Crippen LogP contribution in [0.5, 0.6) is 5.75 Å². The molecule has 2 aliphatic heterocycles. The van der Waals surface area contributed by atoms with E-state index in [2.05, 4.69) is 50.4 Å². The van der Waals surface area contributed by atoms with Gasteiger partial charge in [0.1, 0.15) is 5.75 Å². The minimum absolute atomic E-state index is 0.240. The van der Waals surface area contributed by atoms with Gasteiger partial charge in [-0.05, 0) is 41.8 Å². The summed E-state index contributed by atoms with van der Waals surface area (Å²) in [6.45, 7) is 7.83. The Morgan fingerprint density at radius 2 is 2.10 bits per heavy atom. The fourth-order valence-corrected chi connectivity index (χ4v) is 4.53. The molecule has 30 heavy (non-hydrogen) atoms. The minimum atomic E-state index is 0.240. The molecule has 0 aliphatic carbocycles. The quantitative estimate of drug-likeness (QED) is 0.625. The third-order valence-corrected chi connectivity index (χ3v) is 6.26. The number of benzene rings is 1. The summed E-state index contributed by atoms with van der Waals surface area (Å²) in [7, 11) is 1.72. The number of piperazine rings is 1. The molecule has 164 valence electrons. The minimum Gasteiger partial charge on any atom is -0.497 e. The number of rotatable bonds is 9. The molecule has 8 heteroatoms. The van der Waals surface area contributed by atoms with Crippen molar-refractivity contribution in [2.24, 2.45) is 0 Å². The number of nitrogens with zero attached hydrogens (tertiary/aromatic N) is 6. The van der Waals surface area contributed by atoms with Crippen molar-refractivity contribution in [2.45, 2.75) is 57.7 Å². The molecule has 0 radical (unpaired) electrons. The molecule has 1 aromatic carbocycles. The summed E-state index contributed by atoms with van der Waals surface area (Å²) in [4.78, 5) is 5.00. The molecular formula is C22H34N6O2. The lowest BCUT2D eigenvalue weighted by Gasteiger charge is -2.40. The van der Waals surface area contributed by atoms with Gasteiger partial charge in [0.2, 0.25) is 0 Å². The zero-order valence-corrected chi connectivity index (χ0v) is 18.2. The SMILES string of the molecule is CCCCC(c1nnnn1CC1CCCO1)N1CCN(c2cccc(OC)c2)CC1. The van der Waals surface area contributed by atoms with Crippen molar-refractivity contribution in [3.05, 3.63) is 30.1 Å². The molecule has 1 aromatic heterocycles. The van der Waals surface area contributed by atoms with E-state index in [4.69, 9.17) is 9.47 Å². The first-order valence-electron chi connectivity index (χ1n) is 11.3. The Balaban J connectivity index is 1.44. The van der Waals surface area contributed by atoms with Crippen LogP contribution in [0.4, 0.5) is 5.69 Å². The van der Waals surface area contributed by atoms with Gasteiger partial charge in [-0.1, -0.05) is 25.8 Å². The van der Waals surface area contributed by atoms with Gasteiger partial charge in [0, 0.05) is 44.5 Å². The van der Waals surface area contributed by atoms with Crippen LogP contribution >= 0.6 is 0 Å². The molecule has 0 spiro atoms. The molecule has 0 bridgehead atoms. The van der Waals surface area contributed by atoms with Crippen molar-refractivity contribution in [3.8, 4) is 5.75 Å². The monoisotopic (exact) mass is 414 g/mol. The molecule has 4 rings (SSSR count). The van der Waals surface area contributed by atoms with E-state index in [9.17, 15) is 0 Å². The summed E-state index contributed by atoms with van der Waals surface area (Å²) >= 11 is 0. The van der Waals surface area contributed by atoms with E-state index in [-0.39, 0.29) is 12.1 Å². The van der Waals surface area contributed by atoms with Gasteiger partial charge in [-0.3, -0.25) is 4.90 Å². The molecule has 8 nitrogen and oxygen atoms in total. The van der Waals surface area contributed by atoms with Crippen LogP contribution in [0.3, 0.4) is 0 Å². The molecular weight excluding hydrogens is 380 g/mol. The molecule has 3 heterocycles. The van der Waals surface area contributed by atoms with E-state index < -0.39 is 0 Å². The van der Waals surface area contributed by atoms with Gasteiger partial charge in [0.25, 0.3) is 0 Å². The standard InChI is InChI=1S/C22H34N6O2/c1-3-4-10-21(22-23-24-25-28(22)17-20-9-6-15-30-20)27-13-11-26(12-14-27)18-7-5-8-19(16-18)29-2/h5,7-8,16,20-21H,3-4,6,9-15,17H2,1-2H3. The van der Waals surface area contributed by atoms with Crippen molar-refractivity contribution in [2.75, 3.05) is 44.8 Å². The van der Waals surface area contributed by atoms with Gasteiger partial charge in [0.15, 0.2) is 5.82 Å². The Morgan fingerprint density at radius 3 is 2.83 bits per heavy atom. The molecule has 2 saturated heterocycles. The first-order chi connectivity index (χ1) is 14.8. The summed E-state index contributed by atoms with van der Waals surface area (Å²) in [5.74, 6) is 1.90. The normalized spacial score (nSPS) is 21.1. The molecule has 2 unspecified atom stereocenters. The maximum Gasteiger partial charge on any atom is 0.168 e. The van der Waals surface area contributed by atoms with Gasteiger partial charge in [0.05, 0.1) is 25.8 Å². The second-order valence-electron chi connectivity index (χ2n) is 8.24. The molecule has 2 atom stereocenters. The van der Waals surface area contributed by atoms with Crippen molar-refractivity contribution in [3.63, 3.8) is 0 Å². The predicted molar refractivity (Wildman–Crippen MR) is 116 cm³/mol. The number of methoxy groups -OCH3 is 1. The smallest absolute Gasteiger partial charge is 0.168 e. The highest BCUT2D eigenvalue weighted by atomic mass is 16.5. The average Bonchev–Trinajstić information content (AvgIpc) is 3.47. The Labute approximate surface area is 179 Å². The summed E-state index contributed by atoms with van der Waals surface area (Å²) in [6, 6.07) is 8.59. The third kappa shape index (κ3) is 4.92. The second kappa shape index (κ2) is 10.2. The summed E-state index contributed by atoms with van der Waals surface area (Å²) in [5.41, 5.74) is 1.22. The number of hydrogen-bond acceptors (Lipinski definition) is 7. The average molecular weight is 415 g/mol. The summed E-state index contributed by atoms with van der Waals surface area (Å²) in [5, 5.41) is 12.8. The predicted octanol–water partition coefficient (Wildman–Crippen LogP) is 2.91. The first-order valence-corrected chi connectivity index (χ1v) is 11.3. The first kappa shape index (κ1) is 21.1. The van der Waals surface area contributed by atoms with Crippen LogP contribution in [0, 0.1) is 0 Å². The van der Waals surface area contributed by atoms with E-state index in [1.165, 1.54) is 18.5 Å². The topological polar surface area (TPSA) is 68.5 Å². The highest BCUT2D eigenvalue weighted by molar-refractivity contribution is 5.51. The van der Waals surface area contributed by atoms with Gasteiger partial charge in [-0.2, -0.15) is 0 Å². The Kier molecular flexibility index (Phi) is 7.17. The summed E-state index contributed by atoms with van der Waals surface area (Å²) < 4.78 is 13.2. The zero-order valence-electron chi connectivity index (χ0n) is 18.2. The highest BCUT2D eigenvalue weighted by Crippen LogP contribution is 2.29. The van der Waals surface area contributed by atoms with Gasteiger partial charge >= 0.3 is 0 Å². The number of ether oxygens (including phenoxy) is 2. The van der Waals surface area contributed by atoms with Crippen LogP contribution in [0.15, 0.2) is 24.3 Å². The lowest BCUT2D eigenvalue weighted by molar-refractivity contribution is 0.0890. The number of aromatic nitrogens is 4. The third-order valence-electron chi connectivity index (χ3n) is 6.26. The molecule has 0 amide bonds. The molecule has 0 saturated carbocycles. The highest BCUT2D eigenvalue weighted by Gasteiger charge is 2.30. The largest absolute Gasteiger partial charge is 0.497 e. The molecule has 2 aliphatic rings. The second-order valence-corrected chi connectivity index (χ2v) is 8.24. The fourth-order valence-electron chi connectivity index (χ4n) is 4.53. The van der Waals surface area contributed by atoms with Gasteiger partial charge in [-0.15, -0.1) is 5.10 Å². The van der Waals surface area contributed by atoms with E-state index in [0.717, 1.165) is 70.2 Å². The number of anilines is 1. The fraction of sp³-hybridized carbons (Fsp3) is 0.682. The van der Waals surface area contributed by atoms with Crippen LogP contribution in [-0.2, 0) is 11.3 Å². The van der Waals surface area contributed by atoms with Crippen molar-refractivity contribution < 1.29 is 9.47 Å². The van der Waals surface area contributed by atoms with E-state index in [1.54, 1.807) is 7.11 Å². The van der Waals surface area contributed by atoms with E-state index >= 15 is 0 Å². The van der Waals surface area contributed by atoms with Crippen molar-refractivity contribution in [1.29, 1.82) is 0 Å². The molecule has 0 N–H and O–H groups in total. The Morgan fingerprint density at radius 1 is 1.23 bits per heavy atom. The zero-order chi connectivity index (χ0) is 20.8. The number of hydrogen-bond donors (Lipinski definition) is 0. The molecule has 2 fully saturated rings. The van der Waals surface area contributed by atoms with Crippen LogP contribution in [-0.4, -0.2) is 71.1 Å².